The summed E-state index contributed by atoms with van der Waals surface area (Å²) in [4.78, 5) is 28.6. The molecular weight excluding hydrogens is 420 g/mol. The Balaban J connectivity index is 1.95. The van der Waals surface area contributed by atoms with Crippen LogP contribution in [0.25, 0.3) is 0 Å². The second-order valence-electron chi connectivity index (χ2n) is 8.63. The minimum Gasteiger partial charge on any atom is -0.504 e. The standard InChI is InChI=1S/C26H38N2O5/c1-5-19(12-20-10-11-28-16-20)6-9-24(33-18(2)29)15-23(30)8-7-21-14-26(32-4)25(31)13-22(21)17-27-3/h10,13-14,16,19,24,27,31H,5-9,11-12,15,17H2,1-4H3/t19-,24-/m1/s1. The zero-order valence-electron chi connectivity index (χ0n) is 20.4. The van der Waals surface area contributed by atoms with E-state index in [1.54, 1.807) is 12.1 Å². The number of methoxy groups -OCH3 is 1. The van der Waals surface area contributed by atoms with Gasteiger partial charge in [0.05, 0.1) is 13.7 Å². The lowest BCUT2D eigenvalue weighted by molar-refractivity contribution is -0.148. The molecule has 1 heterocycles. The maximum Gasteiger partial charge on any atom is 0.302 e. The second-order valence-corrected chi connectivity index (χ2v) is 8.63. The number of nitrogens with zero attached hydrogens (tertiary/aromatic N) is 1. The fourth-order valence-electron chi connectivity index (χ4n) is 4.21. The zero-order valence-corrected chi connectivity index (χ0v) is 20.4. The number of allylic oxidation sites excluding steroid dienone is 1. The van der Waals surface area contributed by atoms with Crippen molar-refractivity contribution >= 4 is 18.0 Å². The average Bonchev–Trinajstić information content (AvgIpc) is 3.28. The number of nitrogens with one attached hydrogen (secondary N) is 1. The number of Topliss-reactive ketones (excluding diaryl/α,β-unsaturated/α-hetero) is 1. The fraction of sp³-hybridized carbons (Fsp3) is 0.577. The van der Waals surface area contributed by atoms with Crippen molar-refractivity contribution in [2.24, 2.45) is 10.9 Å². The molecule has 0 radical (unpaired) electrons. The number of aliphatic imine (C=N–C) groups is 1. The van der Waals surface area contributed by atoms with Crippen molar-refractivity contribution in [2.45, 2.75) is 71.4 Å². The van der Waals surface area contributed by atoms with Gasteiger partial charge in [0, 0.05) is 32.5 Å². The van der Waals surface area contributed by atoms with Gasteiger partial charge in [-0.15, -0.1) is 0 Å². The first-order valence-corrected chi connectivity index (χ1v) is 11.8. The highest BCUT2D eigenvalue weighted by Crippen LogP contribution is 2.30. The van der Waals surface area contributed by atoms with Crippen LogP contribution < -0.4 is 10.1 Å². The number of aromatic hydroxyl groups is 1. The lowest BCUT2D eigenvalue weighted by atomic mass is 9.90. The van der Waals surface area contributed by atoms with Gasteiger partial charge >= 0.3 is 5.97 Å². The van der Waals surface area contributed by atoms with E-state index < -0.39 is 6.10 Å². The number of phenols is 1. The van der Waals surface area contributed by atoms with E-state index in [-0.39, 0.29) is 23.9 Å². The van der Waals surface area contributed by atoms with Crippen LogP contribution in [0.15, 0.2) is 28.8 Å². The summed E-state index contributed by atoms with van der Waals surface area (Å²) < 4.78 is 10.7. The molecule has 1 aliphatic heterocycles. The van der Waals surface area contributed by atoms with Crippen molar-refractivity contribution in [1.82, 2.24) is 5.32 Å². The predicted molar refractivity (Wildman–Crippen MR) is 130 cm³/mol. The van der Waals surface area contributed by atoms with Crippen molar-refractivity contribution in [3.8, 4) is 11.5 Å². The molecule has 7 nitrogen and oxygen atoms in total. The molecule has 0 bridgehead atoms. The summed E-state index contributed by atoms with van der Waals surface area (Å²) in [6.07, 6.45) is 8.35. The minimum absolute atomic E-state index is 0.0578. The van der Waals surface area contributed by atoms with Gasteiger partial charge in [-0.2, -0.15) is 0 Å². The number of esters is 1. The number of phenolic OH excluding ortho intramolecular Hbond substituents is 1. The molecule has 7 heteroatoms. The normalized spacial score (nSPS) is 14.6. The highest BCUT2D eigenvalue weighted by molar-refractivity contribution is 5.81. The Morgan fingerprint density at radius 1 is 1.24 bits per heavy atom. The monoisotopic (exact) mass is 458 g/mol. The smallest absolute Gasteiger partial charge is 0.302 e. The van der Waals surface area contributed by atoms with Crippen molar-refractivity contribution in [1.29, 1.82) is 0 Å². The van der Waals surface area contributed by atoms with Gasteiger partial charge in [-0.05, 0) is 67.5 Å². The third-order valence-electron chi connectivity index (χ3n) is 6.04. The molecule has 0 fully saturated rings. The van der Waals surface area contributed by atoms with Crippen molar-refractivity contribution in [3.63, 3.8) is 0 Å². The quantitative estimate of drug-likeness (QED) is 0.383. The molecule has 1 aromatic carbocycles. The molecule has 1 aromatic rings. The third-order valence-corrected chi connectivity index (χ3v) is 6.04. The van der Waals surface area contributed by atoms with E-state index >= 15 is 0 Å². The Bertz CT molecular complexity index is 862. The molecule has 0 aromatic heterocycles. The number of ether oxygens (including phenoxy) is 2. The highest BCUT2D eigenvalue weighted by atomic mass is 16.5. The largest absolute Gasteiger partial charge is 0.504 e. The molecule has 0 unspecified atom stereocenters. The predicted octanol–water partition coefficient (Wildman–Crippen LogP) is 4.15. The van der Waals surface area contributed by atoms with Gasteiger partial charge in [-0.25, -0.2) is 0 Å². The van der Waals surface area contributed by atoms with Crippen molar-refractivity contribution < 1.29 is 24.2 Å². The first-order valence-electron chi connectivity index (χ1n) is 11.8. The topological polar surface area (TPSA) is 97.2 Å². The summed E-state index contributed by atoms with van der Waals surface area (Å²) in [6.45, 7) is 4.90. The number of rotatable bonds is 15. The molecule has 2 rings (SSSR count). The molecule has 0 aliphatic carbocycles. The summed E-state index contributed by atoms with van der Waals surface area (Å²) in [5.41, 5.74) is 3.15. The maximum absolute atomic E-state index is 12.8. The Kier molecular flexibility index (Phi) is 11.1. The SMILES string of the molecule is CC[C@H](CC[C@H](CC(=O)CCc1cc(OC)c(O)cc1CNC)OC(C)=O)CC1=CCN=C1. The lowest BCUT2D eigenvalue weighted by Gasteiger charge is -2.20. The van der Waals surface area contributed by atoms with Crippen LogP contribution in [0.4, 0.5) is 0 Å². The number of ketones is 1. The Morgan fingerprint density at radius 2 is 2.03 bits per heavy atom. The van der Waals surface area contributed by atoms with Crippen LogP contribution in [0.2, 0.25) is 0 Å². The molecule has 0 saturated heterocycles. The van der Waals surface area contributed by atoms with Crippen LogP contribution in [0.1, 0.15) is 63.5 Å². The highest BCUT2D eigenvalue weighted by Gasteiger charge is 2.20. The van der Waals surface area contributed by atoms with Crippen molar-refractivity contribution in [3.05, 3.63) is 34.9 Å². The molecule has 2 atom stereocenters. The number of benzene rings is 1. The molecule has 1 aliphatic rings. The van der Waals surface area contributed by atoms with E-state index in [0.29, 0.717) is 37.5 Å². The van der Waals surface area contributed by atoms with Crippen LogP contribution in [0.3, 0.4) is 0 Å². The minimum atomic E-state index is -0.401. The fourth-order valence-corrected chi connectivity index (χ4v) is 4.21. The summed E-state index contributed by atoms with van der Waals surface area (Å²) in [6, 6.07) is 3.46. The Hall–Kier alpha value is -2.67. The zero-order chi connectivity index (χ0) is 24.2. The molecule has 182 valence electrons. The Morgan fingerprint density at radius 3 is 2.64 bits per heavy atom. The second kappa shape index (κ2) is 13.8. The first kappa shape index (κ1) is 26.6. The Labute approximate surface area is 197 Å². The summed E-state index contributed by atoms with van der Waals surface area (Å²) >= 11 is 0. The molecule has 0 amide bonds. The first-order chi connectivity index (χ1) is 15.9. The van der Waals surface area contributed by atoms with E-state index in [0.717, 1.165) is 36.9 Å². The van der Waals surface area contributed by atoms with E-state index in [2.05, 4.69) is 23.3 Å². The molecule has 2 N–H and O–H groups in total. The van der Waals surface area contributed by atoms with E-state index in [1.165, 1.54) is 19.6 Å². The van der Waals surface area contributed by atoms with E-state index in [4.69, 9.17) is 9.47 Å². The van der Waals surface area contributed by atoms with Gasteiger partial charge in [-0.1, -0.05) is 19.4 Å². The van der Waals surface area contributed by atoms with Crippen LogP contribution in [-0.2, 0) is 27.3 Å². The number of carbonyl (C=O) groups is 2. The van der Waals surface area contributed by atoms with E-state index in [1.807, 2.05) is 13.3 Å². The van der Waals surface area contributed by atoms with Gasteiger partial charge in [-0.3, -0.25) is 14.6 Å². The third kappa shape index (κ3) is 9.00. The molecular formula is C26H38N2O5. The molecule has 0 saturated carbocycles. The van der Waals surface area contributed by atoms with Gasteiger partial charge in [0.1, 0.15) is 11.9 Å². The maximum atomic E-state index is 12.8. The van der Waals surface area contributed by atoms with Crippen LogP contribution >= 0.6 is 0 Å². The lowest BCUT2D eigenvalue weighted by Crippen LogP contribution is -2.22. The molecule has 0 spiro atoms. The van der Waals surface area contributed by atoms with Gasteiger partial charge in [0.25, 0.3) is 0 Å². The average molecular weight is 459 g/mol. The van der Waals surface area contributed by atoms with Crippen molar-refractivity contribution in [2.75, 3.05) is 20.7 Å². The number of carbonyl (C=O) groups excluding carboxylic acids is 2. The van der Waals surface area contributed by atoms with Crippen LogP contribution in [0.5, 0.6) is 11.5 Å². The number of hydrogen-bond donors (Lipinski definition) is 2. The summed E-state index contributed by atoms with van der Waals surface area (Å²) in [5, 5.41) is 13.1. The van der Waals surface area contributed by atoms with Crippen LogP contribution in [-0.4, -0.2) is 49.9 Å². The molecule has 33 heavy (non-hydrogen) atoms. The van der Waals surface area contributed by atoms with Crippen LogP contribution in [0, 0.1) is 5.92 Å². The van der Waals surface area contributed by atoms with Gasteiger partial charge in [0.2, 0.25) is 0 Å². The number of aryl methyl sites for hydroxylation is 1. The van der Waals surface area contributed by atoms with E-state index in [9.17, 15) is 14.7 Å². The summed E-state index contributed by atoms with van der Waals surface area (Å²) in [7, 11) is 3.34. The van der Waals surface area contributed by atoms with Gasteiger partial charge in [0.15, 0.2) is 11.5 Å². The summed E-state index contributed by atoms with van der Waals surface area (Å²) in [5.74, 6) is 0.650. The van der Waals surface area contributed by atoms with Gasteiger partial charge < -0.3 is 19.9 Å². The number of hydrogen-bond acceptors (Lipinski definition) is 7.